The van der Waals surface area contributed by atoms with Crippen LogP contribution >= 0.6 is 11.3 Å². The Bertz CT molecular complexity index is 1000. The number of hydrogen-bond acceptors (Lipinski definition) is 4. The number of nitrogens with one attached hydrogen (secondary N) is 1. The molecular formula is C21H18N2O2S. The summed E-state index contributed by atoms with van der Waals surface area (Å²) in [5.74, 6) is 6.46. The minimum Gasteiger partial charge on any atom is -0.383 e. The van der Waals surface area contributed by atoms with E-state index in [1.54, 1.807) is 0 Å². The zero-order valence-corrected chi connectivity index (χ0v) is 14.9. The Kier molecular flexibility index (Phi) is 4.72. The molecule has 26 heavy (non-hydrogen) atoms. The van der Waals surface area contributed by atoms with Crippen molar-refractivity contribution in [2.24, 2.45) is 5.73 Å². The van der Waals surface area contributed by atoms with Gasteiger partial charge in [0.25, 0.3) is 0 Å². The van der Waals surface area contributed by atoms with Crippen LogP contribution in [-0.4, -0.2) is 24.8 Å². The Balaban J connectivity index is 1.48. The molecule has 2 atom stereocenters. The number of benzene rings is 2. The molecule has 4 nitrogen and oxygen atoms in total. The van der Waals surface area contributed by atoms with Crippen molar-refractivity contribution in [3.8, 4) is 11.8 Å². The van der Waals surface area contributed by atoms with Crippen molar-refractivity contribution in [2.75, 3.05) is 6.61 Å². The van der Waals surface area contributed by atoms with E-state index in [1.807, 2.05) is 42.5 Å². The van der Waals surface area contributed by atoms with Crippen molar-refractivity contribution >= 4 is 27.3 Å². The van der Waals surface area contributed by atoms with Gasteiger partial charge in [0, 0.05) is 22.1 Å². The lowest BCUT2D eigenvalue weighted by molar-refractivity contribution is -0.0478. The van der Waals surface area contributed by atoms with E-state index in [0.29, 0.717) is 6.61 Å². The van der Waals surface area contributed by atoms with Gasteiger partial charge in [0.2, 0.25) is 0 Å². The molecule has 2 heterocycles. The molecule has 4 rings (SSSR count). The topological polar surface area (TPSA) is 68.3 Å². The summed E-state index contributed by atoms with van der Waals surface area (Å²) in [6.45, 7) is 0.475. The van der Waals surface area contributed by atoms with Crippen molar-refractivity contribution in [3.05, 3.63) is 70.6 Å². The number of amidine groups is 1. The zero-order chi connectivity index (χ0) is 17.9. The van der Waals surface area contributed by atoms with Gasteiger partial charge in [0.1, 0.15) is 11.9 Å². The van der Waals surface area contributed by atoms with Gasteiger partial charge in [0.15, 0.2) is 6.29 Å². The van der Waals surface area contributed by atoms with Crippen molar-refractivity contribution in [1.29, 1.82) is 5.41 Å². The van der Waals surface area contributed by atoms with Gasteiger partial charge in [-0.2, -0.15) is 0 Å². The minimum atomic E-state index is -0.252. The van der Waals surface area contributed by atoms with E-state index in [4.69, 9.17) is 20.6 Å². The standard InChI is InChI=1S/C21H18N2O2S/c22-21(23)19-12-17-15(7-4-8-18(17)26-19)9-10-16-13-24-20(25-16)11-14-5-2-1-3-6-14/h1-8,12,16,20H,11,13H2,(H3,22,23). The van der Waals surface area contributed by atoms with Crippen LogP contribution in [0.5, 0.6) is 0 Å². The second-order valence-corrected chi connectivity index (χ2v) is 7.17. The summed E-state index contributed by atoms with van der Waals surface area (Å²) in [5, 5.41) is 8.63. The number of fused-ring (bicyclic) bond motifs is 1. The van der Waals surface area contributed by atoms with Crippen LogP contribution in [0.3, 0.4) is 0 Å². The summed E-state index contributed by atoms with van der Waals surface area (Å²) in [7, 11) is 0. The molecule has 2 aromatic carbocycles. The second kappa shape index (κ2) is 7.30. The molecule has 3 aromatic rings. The highest BCUT2D eigenvalue weighted by Gasteiger charge is 2.24. The Morgan fingerprint density at radius 3 is 2.85 bits per heavy atom. The molecule has 3 N–H and O–H groups in total. The number of hydrogen-bond donors (Lipinski definition) is 2. The van der Waals surface area contributed by atoms with E-state index < -0.39 is 0 Å². The lowest BCUT2D eigenvalue weighted by atomic mass is 10.1. The van der Waals surface area contributed by atoms with E-state index in [0.717, 1.165) is 26.9 Å². The molecule has 1 aliphatic heterocycles. The van der Waals surface area contributed by atoms with Crippen LogP contribution in [-0.2, 0) is 15.9 Å². The summed E-state index contributed by atoms with van der Waals surface area (Å²) in [6.07, 6.45) is 0.240. The molecular weight excluding hydrogens is 344 g/mol. The molecule has 0 aliphatic carbocycles. The van der Waals surface area contributed by atoms with Gasteiger partial charge >= 0.3 is 0 Å². The van der Waals surface area contributed by atoms with Crippen molar-refractivity contribution in [1.82, 2.24) is 0 Å². The van der Waals surface area contributed by atoms with Crippen LogP contribution in [0.25, 0.3) is 10.1 Å². The number of ether oxygens (including phenoxy) is 2. The highest BCUT2D eigenvalue weighted by atomic mass is 32.1. The summed E-state index contributed by atoms with van der Waals surface area (Å²) in [5.41, 5.74) is 7.70. The van der Waals surface area contributed by atoms with Crippen LogP contribution in [0, 0.1) is 17.3 Å². The van der Waals surface area contributed by atoms with Gasteiger partial charge in [-0.05, 0) is 23.8 Å². The molecule has 1 aromatic heterocycles. The van der Waals surface area contributed by atoms with Crippen LogP contribution in [0.2, 0.25) is 0 Å². The van der Waals surface area contributed by atoms with Gasteiger partial charge in [-0.25, -0.2) is 0 Å². The van der Waals surface area contributed by atoms with Crippen LogP contribution in [0.1, 0.15) is 16.0 Å². The normalized spacial score (nSPS) is 19.2. The third-order valence-electron chi connectivity index (χ3n) is 4.19. The maximum atomic E-state index is 7.61. The maximum Gasteiger partial charge on any atom is 0.163 e. The fraction of sp³-hybridized carbons (Fsp3) is 0.190. The third kappa shape index (κ3) is 3.63. The van der Waals surface area contributed by atoms with Gasteiger partial charge in [-0.3, -0.25) is 5.41 Å². The molecule has 2 unspecified atom stereocenters. The second-order valence-electron chi connectivity index (χ2n) is 6.09. The van der Waals surface area contributed by atoms with Crippen molar-refractivity contribution in [2.45, 2.75) is 18.8 Å². The SMILES string of the molecule is N=C(N)c1cc2c(C#CC3COC(Cc4ccccc4)O3)cccc2s1. The molecule has 0 bridgehead atoms. The Labute approximate surface area is 156 Å². The molecule has 0 radical (unpaired) electrons. The fourth-order valence-corrected chi connectivity index (χ4v) is 3.86. The number of thiophene rings is 1. The van der Waals surface area contributed by atoms with Gasteiger partial charge in [-0.15, -0.1) is 11.3 Å². The van der Waals surface area contributed by atoms with Gasteiger partial charge in [0.05, 0.1) is 11.5 Å². The number of nitrogens with two attached hydrogens (primary N) is 1. The molecule has 1 aliphatic rings. The average molecular weight is 362 g/mol. The lowest BCUT2D eigenvalue weighted by Crippen LogP contribution is -2.13. The molecule has 1 fully saturated rings. The first-order chi connectivity index (χ1) is 12.7. The first-order valence-electron chi connectivity index (χ1n) is 8.38. The van der Waals surface area contributed by atoms with Crippen LogP contribution < -0.4 is 5.73 Å². The van der Waals surface area contributed by atoms with Crippen LogP contribution in [0.4, 0.5) is 0 Å². The smallest absolute Gasteiger partial charge is 0.163 e. The van der Waals surface area contributed by atoms with E-state index in [1.165, 1.54) is 16.9 Å². The zero-order valence-electron chi connectivity index (χ0n) is 14.1. The summed E-state index contributed by atoms with van der Waals surface area (Å²) in [4.78, 5) is 0.762. The first kappa shape index (κ1) is 16.8. The first-order valence-corrected chi connectivity index (χ1v) is 9.20. The molecule has 1 saturated heterocycles. The van der Waals surface area contributed by atoms with E-state index in [9.17, 15) is 0 Å². The molecule has 130 valence electrons. The van der Waals surface area contributed by atoms with E-state index in [2.05, 4.69) is 24.0 Å². The highest BCUT2D eigenvalue weighted by Crippen LogP contribution is 2.28. The predicted molar refractivity (Wildman–Crippen MR) is 104 cm³/mol. The van der Waals surface area contributed by atoms with Crippen molar-refractivity contribution < 1.29 is 9.47 Å². The van der Waals surface area contributed by atoms with E-state index >= 15 is 0 Å². The Morgan fingerprint density at radius 2 is 2.04 bits per heavy atom. The van der Waals surface area contributed by atoms with Gasteiger partial charge < -0.3 is 15.2 Å². The largest absolute Gasteiger partial charge is 0.383 e. The Hall–Kier alpha value is -2.65. The predicted octanol–water partition coefficient (Wildman–Crippen LogP) is 3.52. The molecule has 5 heteroatoms. The maximum absolute atomic E-state index is 7.61. The van der Waals surface area contributed by atoms with E-state index in [-0.39, 0.29) is 18.2 Å². The Morgan fingerprint density at radius 1 is 1.19 bits per heavy atom. The molecule has 0 amide bonds. The molecule has 0 spiro atoms. The average Bonchev–Trinajstić information content (AvgIpc) is 3.28. The summed E-state index contributed by atoms with van der Waals surface area (Å²) < 4.78 is 12.7. The fourth-order valence-electron chi connectivity index (χ4n) is 2.91. The summed E-state index contributed by atoms with van der Waals surface area (Å²) >= 11 is 1.51. The van der Waals surface area contributed by atoms with Gasteiger partial charge in [-0.1, -0.05) is 48.2 Å². The minimum absolute atomic E-state index is 0.0846. The third-order valence-corrected chi connectivity index (χ3v) is 5.32. The molecule has 0 saturated carbocycles. The van der Waals surface area contributed by atoms with Crippen molar-refractivity contribution in [3.63, 3.8) is 0 Å². The number of rotatable bonds is 3. The monoisotopic (exact) mass is 362 g/mol. The van der Waals surface area contributed by atoms with Crippen LogP contribution in [0.15, 0.2) is 54.6 Å². The summed E-state index contributed by atoms with van der Waals surface area (Å²) in [6, 6.07) is 18.0. The lowest BCUT2D eigenvalue weighted by Gasteiger charge is -2.08. The number of nitrogen functional groups attached to an aromatic ring is 1. The highest BCUT2D eigenvalue weighted by molar-refractivity contribution is 7.20. The quantitative estimate of drug-likeness (QED) is 0.425.